The lowest BCUT2D eigenvalue weighted by atomic mass is 10.0. The molecule has 2 aliphatic heterocycles. The van der Waals surface area contributed by atoms with Gasteiger partial charge in [-0.1, -0.05) is 12.1 Å². The van der Waals surface area contributed by atoms with Gasteiger partial charge in [-0.25, -0.2) is 9.78 Å². The Morgan fingerprint density at radius 1 is 0.962 bits per heavy atom. The molecule has 4 aromatic rings. The van der Waals surface area contributed by atoms with E-state index < -0.39 is 12.7 Å². The zero-order chi connectivity index (χ0) is 37.2. The highest BCUT2D eigenvalue weighted by molar-refractivity contribution is 7.70. The van der Waals surface area contributed by atoms with Crippen LogP contribution in [0, 0.1) is 6.92 Å². The Labute approximate surface area is 307 Å². The van der Waals surface area contributed by atoms with Gasteiger partial charge < -0.3 is 34.5 Å². The Bertz CT molecular complexity index is 1940. The van der Waals surface area contributed by atoms with Crippen LogP contribution in [-0.4, -0.2) is 107 Å². The van der Waals surface area contributed by atoms with Crippen LogP contribution in [0.1, 0.15) is 39.2 Å². The molecule has 4 heterocycles. The first-order valence-corrected chi connectivity index (χ1v) is 20.5. The molecule has 2 fully saturated rings. The van der Waals surface area contributed by atoms with E-state index in [0.717, 1.165) is 78.1 Å². The molecular formula is C38H52N9O4P. The molecule has 1 amide bonds. The van der Waals surface area contributed by atoms with Crippen molar-refractivity contribution in [1.82, 2.24) is 29.5 Å². The number of ether oxygens (including phenoxy) is 2. The molecule has 6 rings (SSSR count). The van der Waals surface area contributed by atoms with Crippen molar-refractivity contribution in [3.63, 3.8) is 0 Å². The number of para-hydroxylation sites is 1. The summed E-state index contributed by atoms with van der Waals surface area (Å²) in [6.07, 6.45) is 7.33. The average Bonchev–Trinajstić information content (AvgIpc) is 3.53. The van der Waals surface area contributed by atoms with Crippen LogP contribution < -0.4 is 25.6 Å². The molecule has 2 saturated heterocycles. The summed E-state index contributed by atoms with van der Waals surface area (Å²) in [6.45, 7) is 16.4. The van der Waals surface area contributed by atoms with Gasteiger partial charge >= 0.3 is 6.09 Å². The minimum Gasteiger partial charge on any atom is -0.494 e. The van der Waals surface area contributed by atoms with Gasteiger partial charge in [-0.3, -0.25) is 9.58 Å². The van der Waals surface area contributed by atoms with E-state index in [0.29, 0.717) is 36.6 Å². The normalized spacial score (nSPS) is 16.2. The number of carbonyl (C=O) groups is 1. The maximum atomic E-state index is 13.2. The van der Waals surface area contributed by atoms with Crippen LogP contribution in [0.5, 0.6) is 5.75 Å². The highest BCUT2D eigenvalue weighted by Crippen LogP contribution is 2.40. The van der Waals surface area contributed by atoms with Crippen LogP contribution in [0.4, 0.5) is 33.6 Å². The summed E-state index contributed by atoms with van der Waals surface area (Å²) in [5.74, 6) is 1.65. The number of carbonyl (C=O) groups excluding carboxylic acids is 1. The molecule has 0 bridgehead atoms. The van der Waals surface area contributed by atoms with Gasteiger partial charge in [0.1, 0.15) is 24.3 Å². The van der Waals surface area contributed by atoms with Crippen LogP contribution in [0.15, 0.2) is 55.0 Å². The highest BCUT2D eigenvalue weighted by Gasteiger charge is 2.31. The first kappa shape index (κ1) is 37.2. The van der Waals surface area contributed by atoms with Gasteiger partial charge in [-0.05, 0) is 77.6 Å². The van der Waals surface area contributed by atoms with Crippen LogP contribution in [0.3, 0.4) is 0 Å². The van der Waals surface area contributed by atoms with Crippen molar-refractivity contribution in [2.75, 3.05) is 75.2 Å². The van der Waals surface area contributed by atoms with E-state index in [9.17, 15) is 9.36 Å². The number of hydrogen-bond acceptors (Lipinski definition) is 11. The number of piperidine rings is 1. The number of nitrogens with one attached hydrogen (secondary N) is 2. The molecule has 2 aromatic heterocycles. The van der Waals surface area contributed by atoms with E-state index in [4.69, 9.17) is 14.5 Å². The zero-order valence-electron chi connectivity index (χ0n) is 31.6. The maximum Gasteiger partial charge on any atom is 0.410 e. The van der Waals surface area contributed by atoms with E-state index in [2.05, 4.69) is 49.6 Å². The molecule has 0 spiro atoms. The first-order valence-electron chi connectivity index (χ1n) is 17.9. The largest absolute Gasteiger partial charge is 0.494 e. The quantitative estimate of drug-likeness (QED) is 0.185. The van der Waals surface area contributed by atoms with Gasteiger partial charge in [0, 0.05) is 92.9 Å². The van der Waals surface area contributed by atoms with E-state index in [1.165, 1.54) is 0 Å². The highest BCUT2D eigenvalue weighted by atomic mass is 31.2. The van der Waals surface area contributed by atoms with Crippen molar-refractivity contribution < 1.29 is 18.8 Å². The second-order valence-electron chi connectivity index (χ2n) is 15.0. The Morgan fingerprint density at radius 3 is 2.31 bits per heavy atom. The summed E-state index contributed by atoms with van der Waals surface area (Å²) in [5, 5.41) is 11.9. The molecule has 2 aromatic carbocycles. The van der Waals surface area contributed by atoms with E-state index >= 15 is 0 Å². The number of nitrogens with zero attached hydrogens (tertiary/aromatic N) is 7. The summed E-state index contributed by atoms with van der Waals surface area (Å²) in [6, 6.07) is 12.3. The minimum absolute atomic E-state index is 0.221. The number of methoxy groups -OCH3 is 1. The molecule has 13 nitrogen and oxygen atoms in total. The van der Waals surface area contributed by atoms with Crippen LogP contribution in [0.25, 0.3) is 11.1 Å². The fourth-order valence-electron chi connectivity index (χ4n) is 6.96. The number of benzene rings is 2. The van der Waals surface area contributed by atoms with Crippen LogP contribution >= 0.6 is 7.14 Å². The summed E-state index contributed by atoms with van der Waals surface area (Å²) in [7, 11) is 0.964. The topological polar surface area (TPSA) is 130 Å². The van der Waals surface area contributed by atoms with E-state index in [-0.39, 0.29) is 6.09 Å². The SMILES string of the molecule is COc1cc(N2CCC(N3CCN(C(=O)OC(C)(C)C)CC3)CC2)c(C)cc1Nc1ncc(-c2cnn(C)c2)c(Nc2ccccc2P(C)(C)=O)n1. The van der Waals surface area contributed by atoms with Gasteiger partial charge in [0.2, 0.25) is 5.95 Å². The fourth-order valence-corrected chi connectivity index (χ4v) is 8.11. The van der Waals surface area contributed by atoms with Crippen molar-refractivity contribution in [1.29, 1.82) is 0 Å². The molecule has 14 heteroatoms. The minimum atomic E-state index is -2.58. The van der Waals surface area contributed by atoms with Crippen LogP contribution in [-0.2, 0) is 16.3 Å². The monoisotopic (exact) mass is 729 g/mol. The van der Waals surface area contributed by atoms with E-state index in [1.807, 2.05) is 63.2 Å². The van der Waals surface area contributed by atoms with Crippen molar-refractivity contribution in [2.45, 2.75) is 52.2 Å². The molecule has 0 aliphatic carbocycles. The number of piperazine rings is 1. The molecule has 2 N–H and O–H groups in total. The average molecular weight is 730 g/mol. The molecule has 0 unspecified atom stereocenters. The molecule has 278 valence electrons. The molecule has 2 aliphatic rings. The van der Waals surface area contributed by atoms with Gasteiger partial charge in [0.25, 0.3) is 0 Å². The third-order valence-electron chi connectivity index (χ3n) is 9.59. The number of aryl methyl sites for hydroxylation is 2. The van der Waals surface area contributed by atoms with Crippen molar-refractivity contribution in [3.05, 3.63) is 60.6 Å². The number of anilines is 5. The fraction of sp³-hybridized carbons (Fsp3) is 0.474. The Balaban J connectivity index is 1.16. The Kier molecular flexibility index (Phi) is 10.8. The van der Waals surface area contributed by atoms with Crippen molar-refractivity contribution in [2.24, 2.45) is 7.05 Å². The van der Waals surface area contributed by atoms with Crippen LogP contribution in [0.2, 0.25) is 0 Å². The maximum absolute atomic E-state index is 13.2. The van der Waals surface area contributed by atoms with Gasteiger partial charge in [-0.15, -0.1) is 0 Å². The van der Waals surface area contributed by atoms with E-state index in [1.54, 1.807) is 37.5 Å². The lowest BCUT2D eigenvalue weighted by molar-refractivity contribution is 0.00901. The predicted octanol–water partition coefficient (Wildman–Crippen LogP) is 6.45. The first-order chi connectivity index (χ1) is 24.7. The molecule has 0 atom stereocenters. The van der Waals surface area contributed by atoms with Gasteiger partial charge in [-0.2, -0.15) is 10.1 Å². The second kappa shape index (κ2) is 15.2. The lowest BCUT2D eigenvalue weighted by Gasteiger charge is -2.43. The third-order valence-corrected chi connectivity index (χ3v) is 11.1. The number of aromatic nitrogens is 4. The smallest absolute Gasteiger partial charge is 0.410 e. The Morgan fingerprint density at radius 2 is 1.67 bits per heavy atom. The third kappa shape index (κ3) is 8.70. The summed E-state index contributed by atoms with van der Waals surface area (Å²) >= 11 is 0. The summed E-state index contributed by atoms with van der Waals surface area (Å²) in [4.78, 5) is 28.9. The summed E-state index contributed by atoms with van der Waals surface area (Å²) in [5.41, 5.74) is 4.89. The number of hydrogen-bond donors (Lipinski definition) is 2. The van der Waals surface area contributed by atoms with Crippen molar-refractivity contribution in [3.8, 4) is 16.9 Å². The lowest BCUT2D eigenvalue weighted by Crippen LogP contribution is -2.55. The standard InChI is InChI=1S/C38H52N9O4P/c1-26-21-31(33(50-6)22-32(26)46-15-13-28(14-16-46)45-17-19-47(20-18-45)37(48)51-38(2,3)4)42-36-39-24-29(27-23-40-44(5)25-27)35(43-36)41-30-11-9-10-12-34(30)52(7,8)49/h9-12,21-25,28H,13-20H2,1-8H3,(H2,39,41,42,43). The predicted molar refractivity (Wildman–Crippen MR) is 209 cm³/mol. The molecule has 0 radical (unpaired) electrons. The molecule has 52 heavy (non-hydrogen) atoms. The van der Waals surface area contributed by atoms with Gasteiger partial charge in [0.05, 0.1) is 24.7 Å². The van der Waals surface area contributed by atoms with Crippen molar-refractivity contribution >= 4 is 47.4 Å². The number of amides is 1. The molecular weight excluding hydrogens is 677 g/mol. The second-order valence-corrected chi connectivity index (χ2v) is 18.2. The summed E-state index contributed by atoms with van der Waals surface area (Å²) < 4.78 is 26.4. The van der Waals surface area contributed by atoms with Gasteiger partial charge in [0.15, 0.2) is 0 Å². The zero-order valence-corrected chi connectivity index (χ0v) is 32.5. The number of rotatable bonds is 9. The molecule has 0 saturated carbocycles. The Hall–Kier alpha value is -4.61.